The van der Waals surface area contributed by atoms with Crippen molar-refractivity contribution in [3.63, 3.8) is 0 Å². The minimum atomic E-state index is -4.83. The zero-order valence-corrected chi connectivity index (χ0v) is 17.4. The number of aliphatic imine (C=N–C) groups is 1. The molecule has 1 aromatic heterocycles. The first-order valence-electron chi connectivity index (χ1n) is 9.37. The molecule has 0 saturated heterocycles. The molecule has 164 valence electrons. The maximum atomic E-state index is 12.5. The second-order valence-electron chi connectivity index (χ2n) is 6.98. The SMILES string of the molecule is CCCn1c(N=C(Oc2cccc(OC(F)(F)F)c2)C(C)C)c(C)c(=O)n(C)c1=O. The molecule has 10 heteroatoms. The fourth-order valence-corrected chi connectivity index (χ4v) is 2.71. The van der Waals surface area contributed by atoms with E-state index in [0.29, 0.717) is 13.0 Å². The zero-order chi connectivity index (χ0) is 22.6. The van der Waals surface area contributed by atoms with Gasteiger partial charge in [0, 0.05) is 25.6 Å². The second kappa shape index (κ2) is 9.19. The molecule has 2 aromatic rings. The van der Waals surface area contributed by atoms with E-state index in [0.717, 1.165) is 16.7 Å². The Bertz CT molecular complexity index is 1050. The van der Waals surface area contributed by atoms with Crippen LogP contribution in [-0.4, -0.2) is 21.4 Å². The van der Waals surface area contributed by atoms with Gasteiger partial charge in [-0.1, -0.05) is 26.8 Å². The van der Waals surface area contributed by atoms with Crippen LogP contribution in [0.25, 0.3) is 0 Å². The summed E-state index contributed by atoms with van der Waals surface area (Å²) in [6.07, 6.45) is -4.19. The van der Waals surface area contributed by atoms with Gasteiger partial charge in [-0.15, -0.1) is 13.2 Å². The first kappa shape index (κ1) is 23.2. The fraction of sp³-hybridized carbons (Fsp3) is 0.450. The van der Waals surface area contributed by atoms with E-state index in [2.05, 4.69) is 9.73 Å². The van der Waals surface area contributed by atoms with Gasteiger partial charge in [-0.3, -0.25) is 13.9 Å². The van der Waals surface area contributed by atoms with Gasteiger partial charge in [0.1, 0.15) is 17.3 Å². The lowest BCUT2D eigenvalue weighted by atomic mass is 10.2. The Morgan fingerprint density at radius 1 is 1.20 bits per heavy atom. The molecule has 0 radical (unpaired) electrons. The number of nitrogens with zero attached hydrogens (tertiary/aromatic N) is 3. The summed E-state index contributed by atoms with van der Waals surface area (Å²) in [4.78, 5) is 29.3. The molecule has 0 atom stereocenters. The van der Waals surface area contributed by atoms with Gasteiger partial charge >= 0.3 is 12.1 Å². The first-order chi connectivity index (χ1) is 13.9. The molecule has 0 aliphatic rings. The maximum absolute atomic E-state index is 12.5. The number of rotatable bonds is 6. The summed E-state index contributed by atoms with van der Waals surface area (Å²) in [5.74, 6) is -0.340. The van der Waals surface area contributed by atoms with Crippen molar-refractivity contribution >= 4 is 11.7 Å². The lowest BCUT2D eigenvalue weighted by molar-refractivity contribution is -0.274. The third-order valence-electron chi connectivity index (χ3n) is 4.15. The Morgan fingerprint density at radius 2 is 1.83 bits per heavy atom. The van der Waals surface area contributed by atoms with Gasteiger partial charge in [0.05, 0.1) is 5.56 Å². The van der Waals surface area contributed by atoms with Gasteiger partial charge in [0.15, 0.2) is 5.90 Å². The van der Waals surface area contributed by atoms with Crippen LogP contribution in [0.3, 0.4) is 0 Å². The molecule has 1 heterocycles. The molecule has 0 spiro atoms. The van der Waals surface area contributed by atoms with Crippen molar-refractivity contribution in [3.05, 3.63) is 50.7 Å². The van der Waals surface area contributed by atoms with Crippen molar-refractivity contribution in [2.45, 2.75) is 47.0 Å². The predicted octanol–water partition coefficient (Wildman–Crippen LogP) is 3.93. The minimum absolute atomic E-state index is 0.0788. The molecular formula is C20H24F3N3O4. The molecule has 0 unspecified atom stereocenters. The topological polar surface area (TPSA) is 74.8 Å². The highest BCUT2D eigenvalue weighted by atomic mass is 19.4. The average molecular weight is 427 g/mol. The van der Waals surface area contributed by atoms with Crippen LogP contribution >= 0.6 is 0 Å². The van der Waals surface area contributed by atoms with Gasteiger partial charge in [-0.2, -0.15) is 4.99 Å². The molecule has 0 aliphatic carbocycles. The molecule has 0 N–H and O–H groups in total. The van der Waals surface area contributed by atoms with E-state index in [1.54, 1.807) is 20.8 Å². The van der Waals surface area contributed by atoms with E-state index in [4.69, 9.17) is 4.74 Å². The molecule has 0 aliphatic heterocycles. The van der Waals surface area contributed by atoms with Crippen molar-refractivity contribution in [3.8, 4) is 11.5 Å². The Balaban J connectivity index is 2.54. The number of aromatic nitrogens is 2. The Labute approximate surface area is 171 Å². The van der Waals surface area contributed by atoms with Crippen molar-refractivity contribution in [1.82, 2.24) is 9.13 Å². The van der Waals surface area contributed by atoms with Gasteiger partial charge in [-0.25, -0.2) is 4.79 Å². The highest BCUT2D eigenvalue weighted by molar-refractivity contribution is 5.83. The van der Waals surface area contributed by atoms with E-state index in [9.17, 15) is 22.8 Å². The molecule has 1 aromatic carbocycles. The fourth-order valence-electron chi connectivity index (χ4n) is 2.71. The molecular weight excluding hydrogens is 403 g/mol. The monoisotopic (exact) mass is 427 g/mol. The van der Waals surface area contributed by atoms with Crippen LogP contribution in [0.15, 0.2) is 38.8 Å². The number of alkyl halides is 3. The summed E-state index contributed by atoms with van der Waals surface area (Å²) < 4.78 is 49.4. The van der Waals surface area contributed by atoms with E-state index in [1.165, 1.54) is 23.7 Å². The van der Waals surface area contributed by atoms with Crippen LogP contribution in [0.5, 0.6) is 11.5 Å². The number of ether oxygens (including phenoxy) is 2. The van der Waals surface area contributed by atoms with Gasteiger partial charge in [-0.05, 0) is 25.5 Å². The van der Waals surface area contributed by atoms with Crippen LogP contribution in [-0.2, 0) is 13.6 Å². The van der Waals surface area contributed by atoms with Crippen molar-refractivity contribution in [1.29, 1.82) is 0 Å². The Hall–Kier alpha value is -3.04. The second-order valence-corrected chi connectivity index (χ2v) is 6.98. The number of hydrogen-bond donors (Lipinski definition) is 0. The Morgan fingerprint density at radius 3 is 2.40 bits per heavy atom. The van der Waals surface area contributed by atoms with Crippen molar-refractivity contribution < 1.29 is 22.6 Å². The van der Waals surface area contributed by atoms with Gasteiger partial charge < -0.3 is 9.47 Å². The average Bonchev–Trinajstić information content (AvgIpc) is 2.65. The maximum Gasteiger partial charge on any atom is 0.573 e. The van der Waals surface area contributed by atoms with Crippen LogP contribution in [0.1, 0.15) is 32.8 Å². The standard InChI is InChI=1S/C20H24F3N3O4/c1-6-10-26-16(13(4)18(27)25(5)19(26)28)24-17(12(2)3)29-14-8-7-9-15(11-14)30-20(21,22)23/h7-9,11-12H,6,10H2,1-5H3. The molecule has 0 amide bonds. The normalized spacial score (nSPS) is 12.4. The van der Waals surface area contributed by atoms with Crippen molar-refractivity contribution in [2.24, 2.45) is 18.0 Å². The summed E-state index contributed by atoms with van der Waals surface area (Å²) in [5, 5.41) is 0. The number of halogens is 3. The lowest BCUT2D eigenvalue weighted by Crippen LogP contribution is -2.39. The van der Waals surface area contributed by atoms with E-state index >= 15 is 0 Å². The lowest BCUT2D eigenvalue weighted by Gasteiger charge is -2.17. The predicted molar refractivity (Wildman–Crippen MR) is 107 cm³/mol. The van der Waals surface area contributed by atoms with E-state index in [1.807, 2.05) is 6.92 Å². The number of benzene rings is 1. The van der Waals surface area contributed by atoms with Gasteiger partial charge in [0.2, 0.25) is 0 Å². The molecule has 0 fully saturated rings. The Kier molecular flexibility index (Phi) is 7.12. The third-order valence-corrected chi connectivity index (χ3v) is 4.15. The molecule has 7 nitrogen and oxygen atoms in total. The molecule has 30 heavy (non-hydrogen) atoms. The van der Waals surface area contributed by atoms with Crippen LogP contribution < -0.4 is 20.7 Å². The summed E-state index contributed by atoms with van der Waals surface area (Å²) in [5.41, 5.74) is -0.717. The minimum Gasteiger partial charge on any atom is -0.443 e. The molecule has 0 bridgehead atoms. The summed E-state index contributed by atoms with van der Waals surface area (Å²) in [6.45, 7) is 7.32. The molecule has 0 saturated carbocycles. The first-order valence-corrected chi connectivity index (χ1v) is 9.37. The number of hydrogen-bond acceptors (Lipinski definition) is 5. The van der Waals surface area contributed by atoms with Crippen LogP contribution in [0.2, 0.25) is 0 Å². The summed E-state index contributed by atoms with van der Waals surface area (Å²) in [6, 6.07) is 5.04. The van der Waals surface area contributed by atoms with Crippen LogP contribution in [0.4, 0.5) is 19.0 Å². The van der Waals surface area contributed by atoms with E-state index < -0.39 is 23.4 Å². The zero-order valence-electron chi connectivity index (χ0n) is 17.4. The summed E-state index contributed by atoms with van der Waals surface area (Å²) in [7, 11) is 1.39. The highest BCUT2D eigenvalue weighted by Gasteiger charge is 2.31. The smallest absolute Gasteiger partial charge is 0.443 e. The van der Waals surface area contributed by atoms with Crippen molar-refractivity contribution in [2.75, 3.05) is 0 Å². The van der Waals surface area contributed by atoms with Gasteiger partial charge in [0.25, 0.3) is 5.56 Å². The van der Waals surface area contributed by atoms with Crippen LogP contribution in [0, 0.1) is 12.8 Å². The summed E-state index contributed by atoms with van der Waals surface area (Å²) >= 11 is 0. The quantitative estimate of drug-likeness (QED) is 0.517. The molecule has 2 rings (SSSR count). The largest absolute Gasteiger partial charge is 0.573 e. The third kappa shape index (κ3) is 5.52. The highest BCUT2D eigenvalue weighted by Crippen LogP contribution is 2.27. The van der Waals surface area contributed by atoms with E-state index in [-0.39, 0.29) is 28.9 Å².